The van der Waals surface area contributed by atoms with Crippen LogP contribution < -0.4 is 15.5 Å². The number of nitrogens with zero attached hydrogens (tertiary/aromatic N) is 5. The number of benzene rings is 5. The van der Waals surface area contributed by atoms with Gasteiger partial charge in [-0.05, 0) is 109 Å². The zero-order chi connectivity index (χ0) is 47.1. The smallest absolute Gasteiger partial charge is 0.247 e. The Morgan fingerprint density at radius 3 is 1.32 bits per heavy atom. The first-order valence-electron chi connectivity index (χ1n) is 23.8. The first kappa shape index (κ1) is 46.6. The van der Waals surface area contributed by atoms with Gasteiger partial charge in [0, 0.05) is 69.4 Å². The van der Waals surface area contributed by atoms with E-state index < -0.39 is 36.5 Å². The van der Waals surface area contributed by atoms with Crippen LogP contribution in [0.3, 0.4) is 0 Å². The third-order valence-electron chi connectivity index (χ3n) is 13.8. The van der Waals surface area contributed by atoms with Crippen LogP contribution in [0.15, 0.2) is 133 Å². The molecule has 14 heteroatoms. The minimum Gasteiger partial charge on any atom is -0.363 e. The Balaban J connectivity index is 0.832. The molecule has 4 heterocycles. The van der Waals surface area contributed by atoms with Crippen molar-refractivity contribution < 1.29 is 32.3 Å². The van der Waals surface area contributed by atoms with E-state index in [-0.39, 0.29) is 42.5 Å². The second kappa shape index (κ2) is 21.2. The maximum atomic E-state index is 14.4. The lowest BCUT2D eigenvalue weighted by Gasteiger charge is -2.33. The molecule has 5 aromatic carbocycles. The summed E-state index contributed by atoms with van der Waals surface area (Å²) in [6.07, 6.45) is 1.20. The maximum absolute atomic E-state index is 14.4. The van der Waals surface area contributed by atoms with Gasteiger partial charge in [0.15, 0.2) is 0 Å². The van der Waals surface area contributed by atoms with Gasteiger partial charge >= 0.3 is 0 Å². The molecule has 0 spiro atoms. The molecule has 0 saturated carbocycles. The van der Waals surface area contributed by atoms with Gasteiger partial charge in [0.05, 0.1) is 0 Å². The normalized spacial score (nSPS) is 21.7. The first-order chi connectivity index (χ1) is 33.1. The van der Waals surface area contributed by atoms with E-state index >= 15 is 0 Å². The number of anilines is 3. The summed E-state index contributed by atoms with van der Waals surface area (Å²) < 4.78 is 42.8. The molecule has 9 rings (SSSR count). The second-order valence-electron chi connectivity index (χ2n) is 18.5. The molecule has 4 amide bonds. The number of alkyl halides is 2. The van der Waals surface area contributed by atoms with E-state index in [0.717, 1.165) is 27.9 Å². The molecule has 6 atom stereocenters. The highest BCUT2D eigenvalue weighted by atomic mass is 19.1. The summed E-state index contributed by atoms with van der Waals surface area (Å²) in [7, 11) is 0. The fourth-order valence-corrected chi connectivity index (χ4v) is 10.3. The van der Waals surface area contributed by atoms with Crippen molar-refractivity contribution in [2.45, 2.75) is 88.1 Å². The molecule has 0 aromatic heterocycles. The quantitative estimate of drug-likeness (QED) is 0.109. The molecular formula is C54H58F3N7O4. The Bertz CT molecular complexity index is 2370. The van der Waals surface area contributed by atoms with Crippen LogP contribution in [0.25, 0.3) is 0 Å². The molecule has 0 aliphatic carbocycles. The molecule has 5 aromatic rings. The minimum absolute atomic E-state index is 0.180. The van der Waals surface area contributed by atoms with Gasteiger partial charge in [-0.15, -0.1) is 0 Å². The molecule has 4 saturated heterocycles. The maximum Gasteiger partial charge on any atom is 0.247 e. The van der Waals surface area contributed by atoms with E-state index in [1.54, 1.807) is 21.9 Å². The van der Waals surface area contributed by atoms with Crippen molar-refractivity contribution in [2.24, 2.45) is 0 Å². The van der Waals surface area contributed by atoms with Crippen LogP contribution in [0, 0.1) is 5.82 Å². The molecule has 4 fully saturated rings. The van der Waals surface area contributed by atoms with Crippen molar-refractivity contribution in [2.75, 3.05) is 54.8 Å². The summed E-state index contributed by atoms with van der Waals surface area (Å²) in [5.74, 6) is -1.26. The molecule has 4 aliphatic rings. The molecule has 68 heavy (non-hydrogen) atoms. The van der Waals surface area contributed by atoms with Crippen molar-refractivity contribution in [1.82, 2.24) is 19.6 Å². The minimum atomic E-state index is -0.991. The number of rotatable bonds is 15. The summed E-state index contributed by atoms with van der Waals surface area (Å²) in [5, 5.41) is 6.05. The molecule has 2 N–H and O–H groups in total. The average Bonchev–Trinajstić information content (AvgIpc) is 4.20. The highest BCUT2D eigenvalue weighted by molar-refractivity contribution is 5.99. The van der Waals surface area contributed by atoms with Crippen molar-refractivity contribution in [3.8, 4) is 0 Å². The summed E-state index contributed by atoms with van der Waals surface area (Å²) in [6, 6.07) is 37.5. The van der Waals surface area contributed by atoms with E-state index in [9.17, 15) is 32.3 Å². The van der Waals surface area contributed by atoms with Crippen molar-refractivity contribution >= 4 is 40.7 Å². The first-order valence-corrected chi connectivity index (χ1v) is 23.8. The van der Waals surface area contributed by atoms with Gasteiger partial charge in [0.2, 0.25) is 23.6 Å². The highest BCUT2D eigenvalue weighted by Crippen LogP contribution is 2.34. The number of amides is 4. The van der Waals surface area contributed by atoms with Crippen LogP contribution >= 0.6 is 0 Å². The lowest BCUT2D eigenvalue weighted by Crippen LogP contribution is -2.48. The summed E-state index contributed by atoms with van der Waals surface area (Å²) in [5.41, 5.74) is 5.44. The Kier molecular flexibility index (Phi) is 14.5. The molecule has 0 radical (unpaired) electrons. The Hall–Kier alpha value is -6.51. The number of hydrogen-bond acceptors (Lipinski definition) is 7. The van der Waals surface area contributed by atoms with Crippen LogP contribution in [-0.2, 0) is 32.3 Å². The number of carbonyl (C=O) groups is 4. The fraction of sp³-hybridized carbons (Fsp3) is 0.370. The molecular weight excluding hydrogens is 868 g/mol. The van der Waals surface area contributed by atoms with E-state index in [0.29, 0.717) is 89.2 Å². The zero-order valence-corrected chi connectivity index (χ0v) is 38.1. The van der Waals surface area contributed by atoms with Gasteiger partial charge in [-0.25, -0.2) is 13.2 Å². The molecule has 0 unspecified atom stereocenters. The van der Waals surface area contributed by atoms with E-state index in [1.165, 1.54) is 12.1 Å². The average molecular weight is 926 g/mol. The number of hydrogen-bond donors (Lipinski definition) is 2. The van der Waals surface area contributed by atoms with Gasteiger partial charge in [-0.2, -0.15) is 0 Å². The number of nitrogens with one attached hydrogen (secondary N) is 2. The molecule has 11 nitrogen and oxygen atoms in total. The lowest BCUT2D eigenvalue weighted by atomic mass is 10.0. The number of carbonyl (C=O) groups excluding carboxylic acids is 4. The van der Waals surface area contributed by atoms with Gasteiger partial charge in [0.25, 0.3) is 0 Å². The fourth-order valence-electron chi connectivity index (χ4n) is 10.3. The van der Waals surface area contributed by atoms with Gasteiger partial charge in [-0.3, -0.25) is 29.0 Å². The predicted molar refractivity (Wildman–Crippen MR) is 256 cm³/mol. The Labute approximate surface area is 395 Å². The van der Waals surface area contributed by atoms with Gasteiger partial charge < -0.3 is 25.3 Å². The SMILES string of the molecule is O=C(Nc1ccc(CN(Cc2ccc(NC(=O)[C@@H]3CCCN3C(=O)[C@@H](c3ccccc3)N3CC[C@@H](F)C3)cc2)c2ccc(F)cc2)cc1)[C@@H]1CCCN1C(=O)[C@@H](c1ccccc1)N1CC[C@@H](F)C1. The van der Waals surface area contributed by atoms with E-state index in [4.69, 9.17) is 0 Å². The van der Waals surface area contributed by atoms with Crippen LogP contribution in [0.5, 0.6) is 0 Å². The third kappa shape index (κ3) is 10.8. The van der Waals surface area contributed by atoms with Crippen molar-refractivity contribution in [1.29, 1.82) is 0 Å². The van der Waals surface area contributed by atoms with Crippen molar-refractivity contribution in [3.63, 3.8) is 0 Å². The van der Waals surface area contributed by atoms with Crippen LogP contribution in [0.2, 0.25) is 0 Å². The summed E-state index contributed by atoms with van der Waals surface area (Å²) in [6.45, 7) is 3.12. The molecule has 354 valence electrons. The molecule has 0 bridgehead atoms. The lowest BCUT2D eigenvalue weighted by molar-refractivity contribution is -0.141. The Morgan fingerprint density at radius 1 is 0.529 bits per heavy atom. The number of halogens is 3. The largest absolute Gasteiger partial charge is 0.363 e. The summed E-state index contributed by atoms with van der Waals surface area (Å²) in [4.78, 5) is 65.1. The van der Waals surface area contributed by atoms with Crippen molar-refractivity contribution in [3.05, 3.63) is 162 Å². The molecule has 4 aliphatic heterocycles. The van der Waals surface area contributed by atoms with Gasteiger partial charge in [-0.1, -0.05) is 84.9 Å². The van der Waals surface area contributed by atoms with Crippen LogP contribution in [-0.4, -0.2) is 107 Å². The standard InChI is InChI=1S/C54H58F3N7O4/c55-41-19-25-46(26-20-41)62(33-37-15-21-44(22-16-37)58-51(65)47-13-7-29-63(47)53(67)49(39-9-3-1-4-10-39)60-31-27-42(56)35-60)34-38-17-23-45(24-18-38)59-52(66)48-14-8-30-64(48)54(68)50(40-11-5-2-6-12-40)61-32-28-43(57)36-61/h1-6,9-12,15-26,42-43,47-50H,7-8,13-14,27-36H2,(H,58,65)(H,59,66)/t42-,43-,47+,48+,49-,50-/m1/s1. The van der Waals surface area contributed by atoms with E-state index in [1.807, 2.05) is 119 Å². The second-order valence-corrected chi connectivity index (χ2v) is 18.5. The monoisotopic (exact) mass is 925 g/mol. The third-order valence-corrected chi connectivity index (χ3v) is 13.8. The topological polar surface area (TPSA) is 109 Å². The highest BCUT2D eigenvalue weighted by Gasteiger charge is 2.43. The summed E-state index contributed by atoms with van der Waals surface area (Å²) >= 11 is 0. The van der Waals surface area contributed by atoms with Crippen LogP contribution in [0.1, 0.15) is 72.9 Å². The van der Waals surface area contributed by atoms with Gasteiger partial charge in [0.1, 0.15) is 42.3 Å². The predicted octanol–water partition coefficient (Wildman–Crippen LogP) is 8.46. The zero-order valence-electron chi connectivity index (χ0n) is 38.1. The number of likely N-dealkylation sites (tertiary alicyclic amines) is 4. The Morgan fingerprint density at radius 2 is 0.941 bits per heavy atom. The van der Waals surface area contributed by atoms with E-state index in [2.05, 4.69) is 15.5 Å². The van der Waals surface area contributed by atoms with Crippen LogP contribution in [0.4, 0.5) is 30.2 Å².